The van der Waals surface area contributed by atoms with Gasteiger partial charge in [-0.25, -0.2) is 0 Å². The number of aliphatic hydroxyl groups is 5. The van der Waals surface area contributed by atoms with Crippen LogP contribution in [0.5, 0.6) is 0 Å². The van der Waals surface area contributed by atoms with Crippen LogP contribution in [0.2, 0.25) is 0 Å². The highest BCUT2D eigenvalue weighted by atomic mass is 16.7. The number of rotatable bonds is 14. The van der Waals surface area contributed by atoms with E-state index in [1.54, 1.807) is 6.08 Å². The number of amides is 1. The zero-order chi connectivity index (χ0) is 22.5. The molecule has 1 heterocycles. The van der Waals surface area contributed by atoms with Crippen molar-refractivity contribution in [3.05, 3.63) is 12.2 Å². The second kappa shape index (κ2) is 14.9. The maximum atomic E-state index is 12.3. The summed E-state index contributed by atoms with van der Waals surface area (Å²) in [5, 5.41) is 52.3. The van der Waals surface area contributed by atoms with E-state index in [9.17, 15) is 30.3 Å². The number of allylic oxidation sites excluding steroid dienone is 1. The number of ether oxygens (including phenoxy) is 2. The molecule has 9 nitrogen and oxygen atoms in total. The van der Waals surface area contributed by atoms with E-state index in [-0.39, 0.29) is 12.5 Å². The van der Waals surface area contributed by atoms with Gasteiger partial charge in [-0.15, -0.1) is 0 Å². The summed E-state index contributed by atoms with van der Waals surface area (Å²) >= 11 is 0. The van der Waals surface area contributed by atoms with Crippen LogP contribution in [0.3, 0.4) is 0 Å². The van der Waals surface area contributed by atoms with Crippen molar-refractivity contribution in [3.63, 3.8) is 0 Å². The molecular formula is C21H39NO8. The molecule has 7 atom stereocenters. The molecule has 0 spiro atoms. The van der Waals surface area contributed by atoms with E-state index in [4.69, 9.17) is 9.47 Å². The molecule has 0 saturated carbocycles. The van der Waals surface area contributed by atoms with Gasteiger partial charge in [-0.1, -0.05) is 51.7 Å². The van der Waals surface area contributed by atoms with Crippen LogP contribution >= 0.6 is 0 Å². The highest BCUT2D eigenvalue weighted by Crippen LogP contribution is 2.22. The Hall–Kier alpha value is -1.07. The maximum absolute atomic E-state index is 12.3. The van der Waals surface area contributed by atoms with E-state index in [1.165, 1.54) is 0 Å². The fraction of sp³-hybridized carbons (Fsp3) is 0.857. The van der Waals surface area contributed by atoms with Gasteiger partial charge in [-0.2, -0.15) is 0 Å². The maximum Gasteiger partial charge on any atom is 0.220 e. The number of unbranched alkanes of at least 4 members (excludes halogenated alkanes) is 4. The summed E-state index contributed by atoms with van der Waals surface area (Å²) in [6.45, 7) is 3.34. The molecule has 0 aromatic carbocycles. The number of aliphatic hydroxyl groups excluding tert-OH is 5. The number of nitrogens with one attached hydrogen (secondary N) is 1. The highest BCUT2D eigenvalue weighted by Gasteiger charge is 2.44. The van der Waals surface area contributed by atoms with Crippen LogP contribution in [-0.4, -0.2) is 87.5 Å². The first kappa shape index (κ1) is 27.0. The van der Waals surface area contributed by atoms with Gasteiger partial charge < -0.3 is 40.3 Å². The molecule has 1 rings (SSSR count). The predicted molar refractivity (Wildman–Crippen MR) is 110 cm³/mol. The molecule has 0 aromatic heterocycles. The fourth-order valence-corrected chi connectivity index (χ4v) is 3.16. The van der Waals surface area contributed by atoms with Crippen molar-refractivity contribution in [1.82, 2.24) is 5.32 Å². The molecule has 176 valence electrons. The molecule has 0 aromatic rings. The summed E-state index contributed by atoms with van der Waals surface area (Å²) < 4.78 is 10.8. The molecule has 1 saturated heterocycles. The van der Waals surface area contributed by atoms with Crippen LogP contribution in [0, 0.1) is 0 Å². The highest BCUT2D eigenvalue weighted by molar-refractivity contribution is 5.76. The quantitative estimate of drug-likeness (QED) is 0.165. The minimum Gasteiger partial charge on any atom is -0.394 e. The number of hydrogen-bond donors (Lipinski definition) is 6. The van der Waals surface area contributed by atoms with Gasteiger partial charge in [0.1, 0.15) is 24.4 Å². The normalized spacial score (nSPS) is 29.1. The molecule has 0 radical (unpaired) electrons. The first-order valence-electron chi connectivity index (χ1n) is 10.9. The Morgan fingerprint density at radius 2 is 1.83 bits per heavy atom. The lowest BCUT2D eigenvalue weighted by atomic mass is 9.99. The van der Waals surface area contributed by atoms with Crippen LogP contribution in [0.25, 0.3) is 0 Å². The van der Waals surface area contributed by atoms with Crippen molar-refractivity contribution in [1.29, 1.82) is 0 Å². The van der Waals surface area contributed by atoms with E-state index in [1.807, 2.05) is 13.0 Å². The van der Waals surface area contributed by atoms with Crippen LogP contribution in [0.1, 0.15) is 58.8 Å². The Bertz CT molecular complexity index is 501. The molecule has 6 N–H and O–H groups in total. The minimum atomic E-state index is -1.55. The Balaban J connectivity index is 2.70. The first-order valence-corrected chi connectivity index (χ1v) is 10.9. The van der Waals surface area contributed by atoms with E-state index in [2.05, 4.69) is 12.2 Å². The summed E-state index contributed by atoms with van der Waals surface area (Å²) in [4.78, 5) is 12.3. The third-order valence-electron chi connectivity index (χ3n) is 5.09. The van der Waals surface area contributed by atoms with Crippen LogP contribution < -0.4 is 5.32 Å². The molecule has 1 aliphatic rings. The van der Waals surface area contributed by atoms with Crippen LogP contribution in [-0.2, 0) is 14.3 Å². The smallest absolute Gasteiger partial charge is 0.220 e. The number of carbonyl (C=O) groups is 1. The van der Waals surface area contributed by atoms with Crippen molar-refractivity contribution in [2.24, 2.45) is 0 Å². The van der Waals surface area contributed by atoms with Crippen molar-refractivity contribution in [3.8, 4) is 0 Å². The molecular weight excluding hydrogens is 394 g/mol. The molecule has 1 fully saturated rings. The lowest BCUT2D eigenvalue weighted by Gasteiger charge is -2.40. The first-order chi connectivity index (χ1) is 14.3. The monoisotopic (exact) mass is 433 g/mol. The molecule has 7 unspecified atom stereocenters. The van der Waals surface area contributed by atoms with E-state index >= 15 is 0 Å². The predicted octanol–water partition coefficient (Wildman–Crippen LogP) is -0.0247. The molecule has 9 heteroatoms. The second-order valence-electron chi connectivity index (χ2n) is 7.72. The summed E-state index contributed by atoms with van der Waals surface area (Å²) in [7, 11) is 0. The van der Waals surface area contributed by atoms with Gasteiger partial charge >= 0.3 is 0 Å². The molecule has 30 heavy (non-hydrogen) atoms. The van der Waals surface area contributed by atoms with Crippen molar-refractivity contribution in [2.75, 3.05) is 13.2 Å². The van der Waals surface area contributed by atoms with E-state index < -0.39 is 49.5 Å². The van der Waals surface area contributed by atoms with Crippen molar-refractivity contribution >= 4 is 5.91 Å². The number of carbonyl (C=O) groups excluding carboxylic acids is 1. The molecule has 0 bridgehead atoms. The van der Waals surface area contributed by atoms with Gasteiger partial charge in [0, 0.05) is 6.42 Å². The van der Waals surface area contributed by atoms with Crippen LogP contribution in [0.4, 0.5) is 0 Å². The zero-order valence-corrected chi connectivity index (χ0v) is 18.0. The zero-order valence-electron chi connectivity index (χ0n) is 18.0. The average molecular weight is 434 g/mol. The lowest BCUT2D eigenvalue weighted by molar-refractivity contribution is -0.302. The molecule has 0 aliphatic carbocycles. The van der Waals surface area contributed by atoms with Gasteiger partial charge in [0.25, 0.3) is 0 Å². The average Bonchev–Trinajstić information content (AvgIpc) is 2.73. The van der Waals surface area contributed by atoms with Gasteiger partial charge in [0.05, 0.1) is 25.4 Å². The van der Waals surface area contributed by atoms with Crippen LogP contribution in [0.15, 0.2) is 12.2 Å². The van der Waals surface area contributed by atoms with Crippen molar-refractivity contribution in [2.45, 2.75) is 102 Å². The SMILES string of the molecule is CCC/C=C/C(O)C(COC1OC(CO)C(O)C(O)C1O)NC(=O)CCCCCC. The van der Waals surface area contributed by atoms with E-state index in [0.29, 0.717) is 6.42 Å². The standard InChI is InChI=1S/C21H39NO8/c1-3-5-7-9-11-17(25)22-14(15(24)10-8-6-4-2)13-29-21-20(28)19(27)18(26)16(12-23)30-21/h8,10,14-16,18-21,23-24,26-28H,3-7,9,11-13H2,1-2H3,(H,22,25)/b10-8+. The molecule has 1 amide bonds. The minimum absolute atomic E-state index is 0.193. The topological polar surface area (TPSA) is 149 Å². The Morgan fingerprint density at radius 1 is 1.10 bits per heavy atom. The Kier molecular flexibility index (Phi) is 13.3. The largest absolute Gasteiger partial charge is 0.394 e. The van der Waals surface area contributed by atoms with Gasteiger partial charge in [0.15, 0.2) is 6.29 Å². The Morgan fingerprint density at radius 3 is 2.47 bits per heavy atom. The summed E-state index contributed by atoms with van der Waals surface area (Å²) in [6.07, 6.45) is 1.26. The summed E-state index contributed by atoms with van der Waals surface area (Å²) in [5.41, 5.74) is 0. The van der Waals surface area contributed by atoms with Crippen molar-refractivity contribution < 1.29 is 39.8 Å². The Labute approximate surface area is 178 Å². The summed E-state index contributed by atoms with van der Waals surface area (Å²) in [5.74, 6) is -0.212. The lowest BCUT2D eigenvalue weighted by Crippen LogP contribution is -2.60. The number of hydrogen-bond acceptors (Lipinski definition) is 8. The second-order valence-corrected chi connectivity index (χ2v) is 7.72. The third-order valence-corrected chi connectivity index (χ3v) is 5.09. The van der Waals surface area contributed by atoms with E-state index in [0.717, 1.165) is 38.5 Å². The van der Waals surface area contributed by atoms with Gasteiger partial charge in [0.2, 0.25) is 5.91 Å². The summed E-state index contributed by atoms with van der Waals surface area (Å²) in [6, 6.07) is -0.788. The van der Waals surface area contributed by atoms with Gasteiger partial charge in [-0.3, -0.25) is 4.79 Å². The third kappa shape index (κ3) is 8.97. The molecule has 1 aliphatic heterocycles. The van der Waals surface area contributed by atoms with Gasteiger partial charge in [-0.05, 0) is 12.8 Å². The fourth-order valence-electron chi connectivity index (χ4n) is 3.16.